The Bertz CT molecular complexity index is 3830. The van der Waals surface area contributed by atoms with Gasteiger partial charge in [0.25, 0.3) is 0 Å². The third kappa shape index (κ3) is 6.14. The fourth-order valence-electron chi connectivity index (χ4n) is 8.56. The molecule has 5 heteroatoms. The average molecular weight is 797 g/mol. The van der Waals surface area contributed by atoms with Gasteiger partial charge in [0, 0.05) is 49.5 Å². The lowest BCUT2D eigenvalue weighted by atomic mass is 9.98. The molecule has 0 saturated heterocycles. The molecule has 12 aromatic rings. The van der Waals surface area contributed by atoms with E-state index in [0.29, 0.717) is 28.4 Å². The highest BCUT2D eigenvalue weighted by atomic mass is 16.3. The Labute approximate surface area is 363 Å². The molecule has 0 amide bonds. The fraction of sp³-hybridized carbons (Fsp3) is 0. The van der Waals surface area contributed by atoms with Gasteiger partial charge in [-0.15, -0.1) is 0 Å². The van der Waals surface area contributed by atoms with Crippen LogP contribution in [0.3, 0.4) is 0 Å². The van der Waals surface area contributed by atoms with E-state index in [4.69, 9.17) is 23.5 Å². The second-order valence-electron chi connectivity index (χ2n) is 15.3. The largest absolute Gasteiger partial charge is 0.456 e. The predicted octanol–water partition coefficient (Wildman–Crippen LogP) is 14.9. The van der Waals surface area contributed by atoms with E-state index >= 15 is 0 Å². The molecule has 0 saturated carbocycles. The Balaban J connectivity index is 1.01. The zero-order valence-electron chi connectivity index (χ0n) is 37.2. The van der Waals surface area contributed by atoms with Gasteiger partial charge in [0.1, 0.15) is 11.2 Å². The minimum atomic E-state index is -0.287. The molecule has 0 radical (unpaired) electrons. The normalized spacial score (nSPS) is 12.5. The Hall–Kier alpha value is -8.41. The number of aromatic nitrogens is 4. The topological polar surface area (TPSA) is 56.7 Å². The van der Waals surface area contributed by atoms with E-state index in [2.05, 4.69) is 72.8 Å². The number of hydrogen-bond donors (Lipinski definition) is 0. The molecular formula is C57H36N4O. The van der Waals surface area contributed by atoms with Gasteiger partial charge in [-0.3, -0.25) is 0 Å². The first-order valence-electron chi connectivity index (χ1n) is 22.5. The third-order valence-electron chi connectivity index (χ3n) is 11.6. The molecule has 290 valence electrons. The van der Waals surface area contributed by atoms with Gasteiger partial charge < -0.3 is 8.98 Å². The van der Waals surface area contributed by atoms with Gasteiger partial charge in [-0.25, -0.2) is 15.0 Å². The molecule has 0 atom stereocenters. The van der Waals surface area contributed by atoms with Crippen LogP contribution in [0, 0.1) is 0 Å². The standard InChI is InChI=1S/C57H36N4O/c1-3-12-37(13-4-1)39-22-26-41(27-23-39)46-18-11-19-50-47-16-7-9-20-51(47)61(54(46)50)45-33-30-43(31-34-45)56-58-55(42-28-24-40(25-29-42)38-14-5-2-6-15-38)59-57(60-56)44-32-35-49-48-17-8-10-21-52(48)62-53(49)36-44/h1-36H/i7D,9D,16D,20D. The molecule has 0 N–H and O–H groups in total. The zero-order valence-corrected chi connectivity index (χ0v) is 33.2. The molecule has 5 nitrogen and oxygen atoms in total. The molecule has 3 aromatic heterocycles. The van der Waals surface area contributed by atoms with Gasteiger partial charge in [-0.2, -0.15) is 0 Å². The maximum absolute atomic E-state index is 9.23. The SMILES string of the molecule is [2H]c1c([2H])c([2H])c2c(c1[2H])c1cccc(-c3ccc(-c4ccccc4)cc3)c1n2-c1ccc(-c2nc(-c3ccc(-c4ccccc4)cc3)nc(-c3ccc4c(c3)oc3ccccc34)n2)cc1. The van der Waals surface area contributed by atoms with Crippen LogP contribution in [-0.2, 0) is 0 Å². The van der Waals surface area contributed by atoms with E-state index in [-0.39, 0.29) is 24.2 Å². The second-order valence-corrected chi connectivity index (χ2v) is 15.3. The summed E-state index contributed by atoms with van der Waals surface area (Å²) in [5.41, 5.74) is 12.1. The number of rotatable bonds is 7. The van der Waals surface area contributed by atoms with Crippen molar-refractivity contribution < 1.29 is 9.90 Å². The van der Waals surface area contributed by atoms with Crippen molar-refractivity contribution in [2.24, 2.45) is 0 Å². The highest BCUT2D eigenvalue weighted by molar-refractivity contribution is 6.14. The van der Waals surface area contributed by atoms with Gasteiger partial charge in [-0.05, 0) is 76.3 Å². The van der Waals surface area contributed by atoms with Crippen molar-refractivity contribution >= 4 is 43.7 Å². The minimum Gasteiger partial charge on any atom is -0.456 e. The van der Waals surface area contributed by atoms with Crippen molar-refractivity contribution in [3.63, 3.8) is 0 Å². The number of furan rings is 1. The molecule has 0 spiro atoms. The Morgan fingerprint density at radius 3 is 1.55 bits per heavy atom. The first kappa shape index (κ1) is 31.5. The predicted molar refractivity (Wildman–Crippen MR) is 254 cm³/mol. The lowest BCUT2D eigenvalue weighted by molar-refractivity contribution is 0.669. The number of para-hydroxylation sites is 3. The van der Waals surface area contributed by atoms with Crippen molar-refractivity contribution in [2.75, 3.05) is 0 Å². The smallest absolute Gasteiger partial charge is 0.164 e. The lowest BCUT2D eigenvalue weighted by Crippen LogP contribution is -2.01. The highest BCUT2D eigenvalue weighted by Crippen LogP contribution is 2.39. The van der Waals surface area contributed by atoms with Gasteiger partial charge in [-0.1, -0.05) is 170 Å². The van der Waals surface area contributed by atoms with Crippen molar-refractivity contribution in [1.82, 2.24) is 19.5 Å². The van der Waals surface area contributed by atoms with Crippen molar-refractivity contribution in [3.05, 3.63) is 218 Å². The molecule has 0 aliphatic carbocycles. The summed E-state index contributed by atoms with van der Waals surface area (Å²) in [4.78, 5) is 15.2. The highest BCUT2D eigenvalue weighted by Gasteiger charge is 2.19. The summed E-state index contributed by atoms with van der Waals surface area (Å²) < 4.78 is 44.0. The zero-order chi connectivity index (χ0) is 44.5. The molecule has 0 fully saturated rings. The van der Waals surface area contributed by atoms with Crippen LogP contribution in [0.1, 0.15) is 5.48 Å². The van der Waals surface area contributed by atoms with Gasteiger partial charge in [0.15, 0.2) is 17.5 Å². The maximum atomic E-state index is 9.23. The summed E-state index contributed by atoms with van der Waals surface area (Å²) in [5, 5.41) is 3.26. The van der Waals surface area contributed by atoms with Crippen LogP contribution in [0.5, 0.6) is 0 Å². The fourth-order valence-corrected chi connectivity index (χ4v) is 8.56. The number of fused-ring (bicyclic) bond motifs is 6. The summed E-state index contributed by atoms with van der Waals surface area (Å²) in [6, 6.07) is 64.2. The molecule has 12 rings (SSSR count). The van der Waals surface area contributed by atoms with Crippen molar-refractivity contribution in [3.8, 4) is 73.2 Å². The van der Waals surface area contributed by atoms with Crippen LogP contribution in [0.4, 0.5) is 0 Å². The molecule has 0 aliphatic heterocycles. The molecule has 9 aromatic carbocycles. The lowest BCUT2D eigenvalue weighted by Gasteiger charge is -2.13. The summed E-state index contributed by atoms with van der Waals surface area (Å²) in [7, 11) is 0. The van der Waals surface area contributed by atoms with Crippen LogP contribution >= 0.6 is 0 Å². The van der Waals surface area contributed by atoms with Crippen LogP contribution in [-0.4, -0.2) is 19.5 Å². The van der Waals surface area contributed by atoms with Crippen LogP contribution in [0.25, 0.3) is 117 Å². The number of hydrogen-bond acceptors (Lipinski definition) is 4. The molecule has 0 unspecified atom stereocenters. The van der Waals surface area contributed by atoms with Crippen LogP contribution < -0.4 is 0 Å². The summed E-state index contributed by atoms with van der Waals surface area (Å²) in [6.45, 7) is 0. The van der Waals surface area contributed by atoms with Crippen LogP contribution in [0.15, 0.2) is 223 Å². The van der Waals surface area contributed by atoms with E-state index in [1.165, 1.54) is 0 Å². The molecule has 3 heterocycles. The Morgan fingerprint density at radius 1 is 0.371 bits per heavy atom. The van der Waals surface area contributed by atoms with Crippen molar-refractivity contribution in [1.29, 1.82) is 0 Å². The number of benzene rings is 9. The van der Waals surface area contributed by atoms with E-state index in [1.807, 2.05) is 126 Å². The first-order valence-corrected chi connectivity index (χ1v) is 20.5. The number of nitrogens with zero attached hydrogens (tertiary/aromatic N) is 4. The van der Waals surface area contributed by atoms with E-state index in [9.17, 15) is 1.37 Å². The summed E-state index contributed by atoms with van der Waals surface area (Å²) in [6.07, 6.45) is 0. The summed E-state index contributed by atoms with van der Waals surface area (Å²) in [5.74, 6) is 1.49. The van der Waals surface area contributed by atoms with Crippen LogP contribution in [0.2, 0.25) is 0 Å². The maximum Gasteiger partial charge on any atom is 0.164 e. The van der Waals surface area contributed by atoms with E-state index in [0.717, 1.165) is 88.6 Å². The average Bonchev–Trinajstić information content (AvgIpc) is 3.94. The van der Waals surface area contributed by atoms with E-state index in [1.54, 1.807) is 0 Å². The van der Waals surface area contributed by atoms with E-state index < -0.39 is 0 Å². The quantitative estimate of drug-likeness (QED) is 0.161. The van der Waals surface area contributed by atoms with Gasteiger partial charge in [0.05, 0.1) is 16.5 Å². The third-order valence-corrected chi connectivity index (χ3v) is 11.6. The second kappa shape index (κ2) is 14.7. The van der Waals surface area contributed by atoms with Gasteiger partial charge in [0.2, 0.25) is 0 Å². The molecule has 0 bridgehead atoms. The molecule has 62 heavy (non-hydrogen) atoms. The minimum absolute atomic E-state index is 0.0779. The molecular weight excluding hydrogens is 757 g/mol. The first-order chi connectivity index (χ1) is 32.4. The monoisotopic (exact) mass is 796 g/mol. The Morgan fingerprint density at radius 2 is 0.871 bits per heavy atom. The van der Waals surface area contributed by atoms with Crippen molar-refractivity contribution in [2.45, 2.75) is 0 Å². The summed E-state index contributed by atoms with van der Waals surface area (Å²) >= 11 is 0. The molecule has 0 aliphatic rings. The van der Waals surface area contributed by atoms with Gasteiger partial charge >= 0.3 is 0 Å². The Kier molecular flexibility index (Phi) is 7.47.